The molecule has 0 aromatic heterocycles. The Morgan fingerprint density at radius 3 is 2.36 bits per heavy atom. The molecule has 1 amide bonds. The molecule has 1 aliphatic heterocycles. The van der Waals surface area contributed by atoms with E-state index in [9.17, 15) is 13.2 Å². The number of halogens is 1. The van der Waals surface area contributed by atoms with Crippen LogP contribution < -0.4 is 5.32 Å². The fourth-order valence-corrected chi connectivity index (χ4v) is 6.91. The summed E-state index contributed by atoms with van der Waals surface area (Å²) in [4.78, 5) is 13.1. The molecule has 1 atom stereocenters. The number of sulfonamides is 1. The van der Waals surface area contributed by atoms with E-state index in [2.05, 4.69) is 23.5 Å². The Labute approximate surface area is 202 Å². The van der Waals surface area contributed by atoms with Crippen molar-refractivity contribution in [2.24, 2.45) is 0 Å². The molecule has 33 heavy (non-hydrogen) atoms. The second-order valence-electron chi connectivity index (χ2n) is 9.13. The van der Waals surface area contributed by atoms with Crippen LogP contribution in [0.2, 0.25) is 5.02 Å². The zero-order valence-electron chi connectivity index (χ0n) is 19.3. The third kappa shape index (κ3) is 5.44. The molecule has 2 aromatic rings. The number of fused-ring (bicyclic) bond motifs is 1. The number of carbonyl (C=O) groups is 1. The molecule has 2 aliphatic rings. The average molecular weight is 489 g/mol. The molecule has 1 fully saturated rings. The topological polar surface area (TPSA) is 66.5 Å². The van der Waals surface area contributed by atoms with E-state index in [1.54, 1.807) is 6.07 Å². The first-order chi connectivity index (χ1) is 15.9. The molecular weight excluding hydrogens is 456 g/mol. The van der Waals surface area contributed by atoms with E-state index in [0.717, 1.165) is 50.5 Å². The van der Waals surface area contributed by atoms with Crippen LogP contribution in [0.5, 0.6) is 0 Å². The maximum atomic E-state index is 13.3. The van der Waals surface area contributed by atoms with Crippen molar-refractivity contribution in [2.45, 2.75) is 75.6 Å². The summed E-state index contributed by atoms with van der Waals surface area (Å²) in [6, 6.07) is 10.9. The molecule has 1 aliphatic carbocycles. The Hall–Kier alpha value is -1.89. The highest BCUT2D eigenvalue weighted by Crippen LogP contribution is 2.29. The molecular formula is C26H33ClN2O3S. The Balaban J connectivity index is 1.55. The Morgan fingerprint density at radius 2 is 1.67 bits per heavy atom. The monoisotopic (exact) mass is 488 g/mol. The second kappa shape index (κ2) is 10.6. The van der Waals surface area contributed by atoms with Crippen LogP contribution in [-0.2, 0) is 22.9 Å². The molecule has 0 saturated carbocycles. The maximum Gasteiger partial charge on any atom is 0.251 e. The number of hydrogen-bond donors (Lipinski definition) is 1. The van der Waals surface area contributed by atoms with E-state index >= 15 is 0 Å². The van der Waals surface area contributed by atoms with Gasteiger partial charge in [-0.1, -0.05) is 49.6 Å². The smallest absolute Gasteiger partial charge is 0.251 e. The first kappa shape index (κ1) is 24.2. The van der Waals surface area contributed by atoms with Crippen molar-refractivity contribution in [2.75, 3.05) is 13.1 Å². The first-order valence-electron chi connectivity index (χ1n) is 12.1. The van der Waals surface area contributed by atoms with Crippen molar-refractivity contribution in [1.82, 2.24) is 9.62 Å². The molecule has 2 aromatic carbocycles. The number of nitrogens with zero attached hydrogens (tertiary/aromatic N) is 1. The standard InChI is InChI=1S/C26H33ClN2O3S/c1-2-24(21-12-11-19-9-5-6-10-20(19)17-21)28-26(30)22-13-14-23(27)25(18-22)33(31,32)29-15-7-3-4-8-16-29/h11-14,17-18,24H,2-10,15-16H2,1H3,(H,28,30)/t24-/m0/s1. The highest BCUT2D eigenvalue weighted by molar-refractivity contribution is 7.89. The molecule has 7 heteroatoms. The van der Waals surface area contributed by atoms with Crippen LogP contribution in [0.4, 0.5) is 0 Å². The summed E-state index contributed by atoms with van der Waals surface area (Å²) in [6.45, 7) is 3.03. The van der Waals surface area contributed by atoms with Crippen molar-refractivity contribution in [3.05, 3.63) is 63.7 Å². The minimum absolute atomic E-state index is 0.0144. The minimum atomic E-state index is -3.75. The van der Waals surface area contributed by atoms with Crippen LogP contribution in [0, 0.1) is 0 Å². The normalized spacial score (nSPS) is 18.2. The van der Waals surface area contributed by atoms with Gasteiger partial charge in [0, 0.05) is 18.7 Å². The summed E-state index contributed by atoms with van der Waals surface area (Å²) in [5, 5.41) is 3.25. The summed E-state index contributed by atoms with van der Waals surface area (Å²) < 4.78 is 28.1. The van der Waals surface area contributed by atoms with Crippen LogP contribution >= 0.6 is 11.6 Å². The Morgan fingerprint density at radius 1 is 0.970 bits per heavy atom. The van der Waals surface area contributed by atoms with Crippen LogP contribution in [0.1, 0.15) is 85.0 Å². The van der Waals surface area contributed by atoms with Gasteiger partial charge in [-0.2, -0.15) is 4.31 Å². The van der Waals surface area contributed by atoms with Crippen molar-refractivity contribution in [3.8, 4) is 0 Å². The molecule has 0 radical (unpaired) electrons. The Kier molecular flexibility index (Phi) is 7.77. The zero-order chi connectivity index (χ0) is 23.4. The quantitative estimate of drug-likeness (QED) is 0.570. The number of benzene rings is 2. The number of aryl methyl sites for hydroxylation is 2. The predicted octanol–water partition coefficient (Wildman–Crippen LogP) is 5.66. The zero-order valence-corrected chi connectivity index (χ0v) is 20.9. The van der Waals surface area contributed by atoms with Gasteiger partial charge < -0.3 is 5.32 Å². The van der Waals surface area contributed by atoms with Gasteiger partial charge >= 0.3 is 0 Å². The van der Waals surface area contributed by atoms with E-state index in [4.69, 9.17) is 11.6 Å². The van der Waals surface area contributed by atoms with Crippen molar-refractivity contribution < 1.29 is 13.2 Å². The maximum absolute atomic E-state index is 13.3. The molecule has 4 rings (SSSR count). The van der Waals surface area contributed by atoms with Crippen molar-refractivity contribution >= 4 is 27.5 Å². The molecule has 1 heterocycles. The van der Waals surface area contributed by atoms with Crippen LogP contribution in [0.25, 0.3) is 0 Å². The molecule has 0 unspecified atom stereocenters. The van der Waals surface area contributed by atoms with Gasteiger partial charge in [-0.15, -0.1) is 0 Å². The molecule has 5 nitrogen and oxygen atoms in total. The fraction of sp³-hybridized carbons (Fsp3) is 0.500. The van der Waals surface area contributed by atoms with Gasteiger partial charge in [0.15, 0.2) is 0 Å². The molecule has 1 N–H and O–H groups in total. The van der Waals surface area contributed by atoms with Gasteiger partial charge in [-0.05, 0) is 79.8 Å². The van der Waals surface area contributed by atoms with Crippen LogP contribution in [0.15, 0.2) is 41.3 Å². The van der Waals surface area contributed by atoms with Crippen LogP contribution in [-0.4, -0.2) is 31.7 Å². The van der Waals surface area contributed by atoms with Gasteiger partial charge in [0.05, 0.1) is 11.1 Å². The summed E-state index contributed by atoms with van der Waals surface area (Å²) in [5.74, 6) is -0.288. The lowest BCUT2D eigenvalue weighted by Crippen LogP contribution is -2.32. The SMILES string of the molecule is CC[C@H](NC(=O)c1ccc(Cl)c(S(=O)(=O)N2CCCCCC2)c1)c1ccc2c(c1)CCCC2. The average Bonchev–Trinajstić information content (AvgIpc) is 3.12. The predicted molar refractivity (Wildman–Crippen MR) is 132 cm³/mol. The second-order valence-corrected chi connectivity index (χ2v) is 11.4. The van der Waals surface area contributed by atoms with E-state index in [0.29, 0.717) is 18.7 Å². The van der Waals surface area contributed by atoms with Gasteiger partial charge in [0.2, 0.25) is 10.0 Å². The van der Waals surface area contributed by atoms with Crippen LogP contribution in [0.3, 0.4) is 0 Å². The number of hydrogen-bond acceptors (Lipinski definition) is 3. The van der Waals surface area contributed by atoms with Gasteiger partial charge in [-0.25, -0.2) is 8.42 Å². The summed E-state index contributed by atoms with van der Waals surface area (Å²) in [7, 11) is -3.75. The van der Waals surface area contributed by atoms with E-state index in [-0.39, 0.29) is 21.9 Å². The largest absolute Gasteiger partial charge is 0.345 e. The number of carbonyl (C=O) groups excluding carboxylic acids is 1. The van der Waals surface area contributed by atoms with Crippen molar-refractivity contribution in [1.29, 1.82) is 0 Å². The highest BCUT2D eigenvalue weighted by Gasteiger charge is 2.28. The van der Waals surface area contributed by atoms with E-state index in [1.807, 2.05) is 6.92 Å². The lowest BCUT2D eigenvalue weighted by molar-refractivity contribution is 0.0935. The summed E-state index contributed by atoms with van der Waals surface area (Å²) in [5.41, 5.74) is 4.19. The summed E-state index contributed by atoms with van der Waals surface area (Å²) >= 11 is 6.30. The number of amides is 1. The van der Waals surface area contributed by atoms with Gasteiger partial charge in [-0.3, -0.25) is 4.79 Å². The Bertz CT molecular complexity index is 1110. The third-order valence-electron chi connectivity index (χ3n) is 6.86. The van der Waals surface area contributed by atoms with E-state index < -0.39 is 10.0 Å². The molecule has 0 spiro atoms. The lowest BCUT2D eigenvalue weighted by atomic mass is 9.88. The minimum Gasteiger partial charge on any atom is -0.345 e. The number of nitrogens with one attached hydrogen (secondary N) is 1. The summed E-state index contributed by atoms with van der Waals surface area (Å²) in [6.07, 6.45) is 9.15. The van der Waals surface area contributed by atoms with Gasteiger partial charge in [0.1, 0.15) is 4.90 Å². The number of rotatable bonds is 6. The molecule has 178 valence electrons. The highest BCUT2D eigenvalue weighted by atomic mass is 35.5. The molecule has 0 bridgehead atoms. The van der Waals surface area contributed by atoms with Crippen molar-refractivity contribution in [3.63, 3.8) is 0 Å². The third-order valence-corrected chi connectivity index (χ3v) is 9.24. The fourth-order valence-electron chi connectivity index (χ4n) is 4.90. The first-order valence-corrected chi connectivity index (χ1v) is 13.9. The molecule has 1 saturated heterocycles. The van der Waals surface area contributed by atoms with E-state index in [1.165, 1.54) is 40.4 Å². The lowest BCUT2D eigenvalue weighted by Gasteiger charge is -2.23. The van der Waals surface area contributed by atoms with Gasteiger partial charge in [0.25, 0.3) is 5.91 Å².